The maximum atomic E-state index is 11.7. The number of hydrogen-bond acceptors (Lipinski definition) is 2. The second kappa shape index (κ2) is 4.32. The lowest BCUT2D eigenvalue weighted by Gasteiger charge is -2.06. The summed E-state index contributed by atoms with van der Waals surface area (Å²) >= 11 is 5.72. The van der Waals surface area contributed by atoms with Gasteiger partial charge in [-0.25, -0.2) is 8.42 Å². The van der Waals surface area contributed by atoms with Crippen LogP contribution >= 0.6 is 11.6 Å². The fourth-order valence-electron chi connectivity index (χ4n) is 1.20. The molecule has 0 amide bonds. The van der Waals surface area contributed by atoms with Crippen LogP contribution in [0.3, 0.4) is 0 Å². The summed E-state index contributed by atoms with van der Waals surface area (Å²) in [5, 5.41) is 0.454. The van der Waals surface area contributed by atoms with E-state index in [1.54, 1.807) is 18.2 Å². The highest BCUT2D eigenvalue weighted by Gasteiger charge is 2.16. The van der Waals surface area contributed by atoms with Crippen molar-refractivity contribution in [1.82, 2.24) is 0 Å². The first-order chi connectivity index (χ1) is 6.42. The average molecular weight is 233 g/mol. The molecule has 1 aromatic carbocycles. The van der Waals surface area contributed by atoms with E-state index >= 15 is 0 Å². The molecule has 0 N–H and O–H groups in total. The van der Waals surface area contributed by atoms with Gasteiger partial charge in [0.2, 0.25) is 0 Å². The fourth-order valence-corrected chi connectivity index (χ4v) is 3.11. The van der Waals surface area contributed by atoms with Crippen LogP contribution in [0.15, 0.2) is 29.2 Å². The van der Waals surface area contributed by atoms with E-state index in [-0.39, 0.29) is 11.7 Å². The third kappa shape index (κ3) is 3.00. The SMILES string of the molecule is CC(C)CS(=O)(=O)c1cccc(Cl)c1. The molecule has 0 aliphatic heterocycles. The van der Waals surface area contributed by atoms with Crippen molar-refractivity contribution < 1.29 is 8.42 Å². The van der Waals surface area contributed by atoms with Crippen molar-refractivity contribution in [3.63, 3.8) is 0 Å². The van der Waals surface area contributed by atoms with Crippen LogP contribution in [0.1, 0.15) is 13.8 Å². The zero-order valence-corrected chi connectivity index (χ0v) is 9.77. The Morgan fingerprint density at radius 2 is 2.00 bits per heavy atom. The van der Waals surface area contributed by atoms with Crippen LogP contribution in [-0.4, -0.2) is 14.2 Å². The second-order valence-electron chi connectivity index (χ2n) is 3.63. The van der Waals surface area contributed by atoms with Gasteiger partial charge >= 0.3 is 0 Å². The normalized spacial score (nSPS) is 12.0. The lowest BCUT2D eigenvalue weighted by Crippen LogP contribution is -2.11. The molecule has 1 rings (SSSR count). The predicted octanol–water partition coefficient (Wildman–Crippen LogP) is 2.77. The molecule has 0 aromatic heterocycles. The minimum Gasteiger partial charge on any atom is -0.224 e. The Bertz CT molecular complexity index is 410. The van der Waals surface area contributed by atoms with E-state index < -0.39 is 9.84 Å². The number of halogens is 1. The van der Waals surface area contributed by atoms with Crippen molar-refractivity contribution in [2.75, 3.05) is 5.75 Å². The Kier molecular flexibility index (Phi) is 3.56. The summed E-state index contributed by atoms with van der Waals surface area (Å²) in [6.45, 7) is 3.75. The third-order valence-electron chi connectivity index (χ3n) is 1.71. The quantitative estimate of drug-likeness (QED) is 0.803. The lowest BCUT2D eigenvalue weighted by atomic mass is 10.3. The van der Waals surface area contributed by atoms with Crippen LogP contribution in [0.2, 0.25) is 5.02 Å². The summed E-state index contributed by atoms with van der Waals surface area (Å²) in [6, 6.07) is 6.37. The van der Waals surface area contributed by atoms with Crippen LogP contribution in [0, 0.1) is 5.92 Å². The van der Waals surface area contributed by atoms with E-state index in [1.807, 2.05) is 13.8 Å². The second-order valence-corrected chi connectivity index (χ2v) is 6.10. The van der Waals surface area contributed by atoms with Gasteiger partial charge in [-0.2, -0.15) is 0 Å². The van der Waals surface area contributed by atoms with Gasteiger partial charge in [-0.05, 0) is 24.1 Å². The van der Waals surface area contributed by atoms with Gasteiger partial charge in [-0.1, -0.05) is 31.5 Å². The van der Waals surface area contributed by atoms with Crippen molar-refractivity contribution in [3.8, 4) is 0 Å². The number of benzene rings is 1. The first-order valence-electron chi connectivity index (χ1n) is 4.40. The molecule has 0 atom stereocenters. The van der Waals surface area contributed by atoms with E-state index in [1.165, 1.54) is 6.07 Å². The lowest BCUT2D eigenvalue weighted by molar-refractivity contribution is 0.582. The molecule has 0 fully saturated rings. The first kappa shape index (κ1) is 11.5. The molecule has 78 valence electrons. The minimum atomic E-state index is -3.17. The molecule has 0 aliphatic rings. The van der Waals surface area contributed by atoms with Crippen LogP contribution in [0.25, 0.3) is 0 Å². The Balaban J connectivity index is 3.05. The highest BCUT2D eigenvalue weighted by atomic mass is 35.5. The Morgan fingerprint density at radius 1 is 1.36 bits per heavy atom. The molecule has 0 unspecified atom stereocenters. The standard InChI is InChI=1S/C10H13ClO2S/c1-8(2)7-14(12,13)10-5-3-4-9(11)6-10/h3-6,8H,7H2,1-2H3. The fraction of sp³-hybridized carbons (Fsp3) is 0.400. The molecule has 4 heteroatoms. The largest absolute Gasteiger partial charge is 0.224 e. The van der Waals surface area contributed by atoms with E-state index in [4.69, 9.17) is 11.6 Å². The summed E-state index contributed by atoms with van der Waals surface area (Å²) in [7, 11) is -3.17. The summed E-state index contributed by atoms with van der Waals surface area (Å²) in [6.07, 6.45) is 0. The van der Waals surface area contributed by atoms with E-state index in [0.29, 0.717) is 9.92 Å². The highest BCUT2D eigenvalue weighted by Crippen LogP contribution is 2.18. The molecule has 0 radical (unpaired) electrons. The van der Waals surface area contributed by atoms with Crippen LogP contribution < -0.4 is 0 Å². The topological polar surface area (TPSA) is 34.1 Å². The maximum absolute atomic E-state index is 11.7. The smallest absolute Gasteiger partial charge is 0.178 e. The van der Waals surface area contributed by atoms with Gasteiger partial charge in [0, 0.05) is 5.02 Å². The number of sulfone groups is 1. The van der Waals surface area contributed by atoms with E-state index in [9.17, 15) is 8.42 Å². The number of hydrogen-bond donors (Lipinski definition) is 0. The van der Waals surface area contributed by atoms with Gasteiger partial charge in [-0.15, -0.1) is 0 Å². The first-order valence-corrected chi connectivity index (χ1v) is 6.43. The molecule has 0 saturated heterocycles. The monoisotopic (exact) mass is 232 g/mol. The summed E-state index contributed by atoms with van der Waals surface area (Å²) in [5.41, 5.74) is 0. The predicted molar refractivity (Wildman–Crippen MR) is 58.3 cm³/mol. The average Bonchev–Trinajstić information content (AvgIpc) is 2.01. The van der Waals surface area contributed by atoms with Gasteiger partial charge in [-0.3, -0.25) is 0 Å². The zero-order chi connectivity index (χ0) is 10.8. The van der Waals surface area contributed by atoms with Crippen molar-refractivity contribution in [2.45, 2.75) is 18.7 Å². The van der Waals surface area contributed by atoms with Crippen molar-refractivity contribution in [1.29, 1.82) is 0 Å². The molecule has 0 bridgehead atoms. The minimum absolute atomic E-state index is 0.124. The zero-order valence-electron chi connectivity index (χ0n) is 8.20. The van der Waals surface area contributed by atoms with Crippen molar-refractivity contribution in [3.05, 3.63) is 29.3 Å². The van der Waals surface area contributed by atoms with Gasteiger partial charge in [0.1, 0.15) is 0 Å². The summed E-state index contributed by atoms with van der Waals surface area (Å²) in [4.78, 5) is 0.304. The van der Waals surface area contributed by atoms with E-state index in [0.717, 1.165) is 0 Å². The van der Waals surface area contributed by atoms with Gasteiger partial charge in [0.25, 0.3) is 0 Å². The summed E-state index contributed by atoms with van der Waals surface area (Å²) < 4.78 is 23.5. The highest BCUT2D eigenvalue weighted by molar-refractivity contribution is 7.91. The molecule has 2 nitrogen and oxygen atoms in total. The molecule has 0 spiro atoms. The van der Waals surface area contributed by atoms with Gasteiger partial charge in [0.05, 0.1) is 10.6 Å². The molecule has 0 aliphatic carbocycles. The molecule has 0 heterocycles. The maximum Gasteiger partial charge on any atom is 0.178 e. The molecular formula is C10H13ClO2S. The van der Waals surface area contributed by atoms with E-state index in [2.05, 4.69) is 0 Å². The molecular weight excluding hydrogens is 220 g/mol. The van der Waals surface area contributed by atoms with Gasteiger partial charge < -0.3 is 0 Å². The molecule has 14 heavy (non-hydrogen) atoms. The van der Waals surface area contributed by atoms with Crippen LogP contribution in [0.4, 0.5) is 0 Å². The van der Waals surface area contributed by atoms with Gasteiger partial charge in [0.15, 0.2) is 9.84 Å². The molecule has 1 aromatic rings. The Morgan fingerprint density at radius 3 is 2.50 bits per heavy atom. The number of rotatable bonds is 3. The van der Waals surface area contributed by atoms with Crippen LogP contribution in [0.5, 0.6) is 0 Å². The Hall–Kier alpha value is -0.540. The Labute approximate surface area is 89.8 Å². The van der Waals surface area contributed by atoms with Crippen LogP contribution in [-0.2, 0) is 9.84 Å². The third-order valence-corrected chi connectivity index (χ3v) is 4.02. The molecule has 0 saturated carbocycles. The van der Waals surface area contributed by atoms with Crippen molar-refractivity contribution in [2.24, 2.45) is 5.92 Å². The summed E-state index contributed by atoms with van der Waals surface area (Å²) in [5.74, 6) is 0.284. The van der Waals surface area contributed by atoms with Crippen molar-refractivity contribution >= 4 is 21.4 Å².